The third kappa shape index (κ3) is 8.95. The molecule has 1 amide bonds. The van der Waals surface area contributed by atoms with Crippen molar-refractivity contribution in [3.63, 3.8) is 0 Å². The summed E-state index contributed by atoms with van der Waals surface area (Å²) >= 11 is 0. The summed E-state index contributed by atoms with van der Waals surface area (Å²) in [7, 11) is -8.53. The second-order valence-electron chi connectivity index (χ2n) is 7.32. The predicted molar refractivity (Wildman–Crippen MR) is 104 cm³/mol. The summed E-state index contributed by atoms with van der Waals surface area (Å²) in [6, 6.07) is 7.16. The van der Waals surface area contributed by atoms with Crippen LogP contribution >= 0.6 is 0 Å². The van der Waals surface area contributed by atoms with E-state index in [2.05, 4.69) is 0 Å². The van der Waals surface area contributed by atoms with Gasteiger partial charge in [0.1, 0.15) is 5.69 Å². The Bertz CT molecular complexity index is 920. The summed E-state index contributed by atoms with van der Waals surface area (Å²) in [6.45, 7) is 4.03. The predicted octanol–water partition coefficient (Wildman–Crippen LogP) is -4.32. The van der Waals surface area contributed by atoms with E-state index < -0.39 is 26.0 Å². The van der Waals surface area contributed by atoms with E-state index in [1.807, 2.05) is 31.2 Å². The Balaban J connectivity index is 0.00000420. The fraction of sp³-hybridized carbons (Fsp3) is 0.611. The molecule has 30 heavy (non-hydrogen) atoms. The molecule has 0 aromatic heterocycles. The third-order valence-corrected chi connectivity index (χ3v) is 7.09. The van der Waals surface area contributed by atoms with Crippen molar-refractivity contribution in [1.82, 2.24) is 4.48 Å². The molecule has 1 aliphatic rings. The zero-order valence-corrected chi connectivity index (χ0v) is 25.9. The van der Waals surface area contributed by atoms with Crippen LogP contribution in [0.3, 0.4) is 0 Å². The molecule has 0 radical (unpaired) electrons. The molecule has 1 heterocycles. The molecule has 0 aliphatic carbocycles. The van der Waals surface area contributed by atoms with Gasteiger partial charge >= 0.3 is 109 Å². The van der Waals surface area contributed by atoms with Crippen molar-refractivity contribution >= 4 is 31.8 Å². The molecule has 0 spiro atoms. The van der Waals surface area contributed by atoms with Crippen LogP contribution < -0.4 is 107 Å². The van der Waals surface area contributed by atoms with Crippen LogP contribution in [-0.4, -0.2) is 55.9 Å². The summed E-state index contributed by atoms with van der Waals surface area (Å²) in [6.07, 6.45) is 1.78. The molecule has 12 heteroatoms. The number of hydrogen-bond acceptors (Lipinski definition) is 7. The molecule has 1 aromatic rings. The van der Waals surface area contributed by atoms with Crippen LogP contribution in [0.5, 0.6) is 0 Å². The number of carbonyl (C=O) groups is 1. The molecule has 1 aliphatic heterocycles. The summed E-state index contributed by atoms with van der Waals surface area (Å²) in [4.78, 5) is 12.3. The molecular formula is C18H26K2NO7S2+. The van der Waals surface area contributed by atoms with Gasteiger partial charge in [-0.15, -0.1) is 0 Å². The Kier molecular flexibility index (Phi) is 14.0. The fourth-order valence-electron chi connectivity index (χ4n) is 3.84. The minimum atomic E-state index is -4.31. The van der Waals surface area contributed by atoms with Gasteiger partial charge < -0.3 is 9.11 Å². The number of rotatable bonds is 11. The van der Waals surface area contributed by atoms with E-state index in [0.29, 0.717) is 12.8 Å². The van der Waals surface area contributed by atoms with E-state index in [9.17, 15) is 30.7 Å². The largest absolute Gasteiger partial charge is 1.00 e. The molecule has 3 unspecified atom stereocenters. The molecule has 1 aromatic carbocycles. The number of hydrogen-bond donors (Lipinski definition) is 0. The minimum absolute atomic E-state index is 0. The summed E-state index contributed by atoms with van der Waals surface area (Å²) in [5, 5.41) is 0. The van der Waals surface area contributed by atoms with Crippen LogP contribution in [0.2, 0.25) is 0 Å². The van der Waals surface area contributed by atoms with Crippen LogP contribution in [-0.2, 0) is 25.0 Å². The first-order valence-electron chi connectivity index (χ1n) is 9.30. The maximum Gasteiger partial charge on any atom is 1.00 e. The zero-order chi connectivity index (χ0) is 21.2. The van der Waals surface area contributed by atoms with Crippen molar-refractivity contribution in [2.75, 3.05) is 18.1 Å². The van der Waals surface area contributed by atoms with E-state index in [4.69, 9.17) is 0 Å². The first-order chi connectivity index (χ1) is 12.9. The second-order valence-corrected chi connectivity index (χ2v) is 10.4. The van der Waals surface area contributed by atoms with Crippen LogP contribution in [0.25, 0.3) is 0 Å². The number of carbonyl (C=O) groups excluding carboxylic acids is 1. The SMILES string of the molecule is CCC(CCCS(=O)(=O)[O-])c1ccc([N+]2(CCCS(=O)(=O)[O-])C(=O)C2C)cc1.[K+].[K+]. The van der Waals surface area contributed by atoms with Gasteiger partial charge in [0.2, 0.25) is 6.04 Å². The third-order valence-electron chi connectivity index (χ3n) is 5.51. The van der Waals surface area contributed by atoms with Gasteiger partial charge in [0, 0.05) is 24.9 Å². The van der Waals surface area contributed by atoms with E-state index in [0.717, 1.165) is 17.7 Å². The van der Waals surface area contributed by atoms with Crippen molar-refractivity contribution in [3.05, 3.63) is 29.8 Å². The van der Waals surface area contributed by atoms with Crippen molar-refractivity contribution in [3.8, 4) is 0 Å². The van der Waals surface area contributed by atoms with Crippen LogP contribution in [0.4, 0.5) is 5.69 Å². The molecule has 0 bridgehead atoms. The van der Waals surface area contributed by atoms with Gasteiger partial charge in [-0.1, -0.05) is 19.1 Å². The average Bonchev–Trinajstić information content (AvgIpc) is 3.11. The van der Waals surface area contributed by atoms with Crippen molar-refractivity contribution < 1.29 is 134 Å². The van der Waals surface area contributed by atoms with Gasteiger partial charge in [-0.3, -0.25) is 0 Å². The quantitative estimate of drug-likeness (QED) is 0.127. The summed E-state index contributed by atoms with van der Waals surface area (Å²) in [5.41, 5.74) is 1.75. The van der Waals surface area contributed by atoms with E-state index in [-0.39, 0.29) is 144 Å². The molecule has 0 saturated carbocycles. The minimum Gasteiger partial charge on any atom is -0.748 e. The standard InChI is InChI=1S/C18H27NO7S2.2K/c1-3-15(6-4-12-27(21,22)23)16-7-9-17(10-8-16)19(14(2)18(19)20)11-5-13-28(24,25)26;;/h7-10,14-15H,3-6,11-13H2,1-2H3,(H-,21,22,23,24,25,26);;/q;2*+1/p-1. The van der Waals surface area contributed by atoms with Gasteiger partial charge in [0.05, 0.1) is 26.8 Å². The normalized spacial score (nSPS) is 22.0. The number of amides is 1. The Labute approximate surface area is 264 Å². The number of benzene rings is 1. The Morgan fingerprint density at radius 1 is 0.967 bits per heavy atom. The fourth-order valence-corrected chi connectivity index (χ4v) is 4.85. The van der Waals surface area contributed by atoms with Crippen LogP contribution in [0.15, 0.2) is 24.3 Å². The molecule has 2 rings (SSSR count). The monoisotopic (exact) mass is 510 g/mol. The van der Waals surface area contributed by atoms with Gasteiger partial charge in [-0.2, -0.15) is 0 Å². The molecule has 1 saturated heterocycles. The molecule has 158 valence electrons. The molecule has 1 fully saturated rings. The summed E-state index contributed by atoms with van der Waals surface area (Å²) < 4.78 is 64.8. The first kappa shape index (κ1) is 31.9. The molecule has 3 atom stereocenters. The van der Waals surface area contributed by atoms with E-state index in [1.54, 1.807) is 6.92 Å². The molecule has 8 nitrogen and oxygen atoms in total. The topological polar surface area (TPSA) is 131 Å². The Morgan fingerprint density at radius 2 is 1.43 bits per heavy atom. The van der Waals surface area contributed by atoms with Gasteiger partial charge in [0.15, 0.2) is 0 Å². The zero-order valence-electron chi connectivity index (χ0n) is 18.0. The molecular weight excluding hydrogens is 485 g/mol. The second kappa shape index (κ2) is 13.1. The smallest absolute Gasteiger partial charge is 0.748 e. The number of quaternary nitrogens is 1. The van der Waals surface area contributed by atoms with Crippen LogP contribution in [0.1, 0.15) is 51.0 Å². The van der Waals surface area contributed by atoms with Crippen molar-refractivity contribution in [1.29, 1.82) is 0 Å². The van der Waals surface area contributed by atoms with Crippen molar-refractivity contribution in [2.24, 2.45) is 0 Å². The van der Waals surface area contributed by atoms with Gasteiger partial charge in [-0.25, -0.2) is 26.1 Å². The number of nitrogens with zero attached hydrogens (tertiary/aromatic N) is 1. The maximum atomic E-state index is 12.3. The van der Waals surface area contributed by atoms with Gasteiger partial charge in [-0.05, 0) is 42.9 Å². The van der Waals surface area contributed by atoms with Crippen LogP contribution in [0, 0.1) is 0 Å². The Morgan fingerprint density at radius 3 is 1.83 bits per heavy atom. The average molecular weight is 511 g/mol. The van der Waals surface area contributed by atoms with Crippen molar-refractivity contribution in [2.45, 2.75) is 51.5 Å². The maximum absolute atomic E-state index is 12.3. The van der Waals surface area contributed by atoms with E-state index >= 15 is 0 Å². The first-order valence-corrected chi connectivity index (χ1v) is 12.5. The van der Waals surface area contributed by atoms with E-state index in [1.165, 1.54) is 0 Å². The van der Waals surface area contributed by atoms with Gasteiger partial charge in [0.25, 0.3) is 0 Å². The molecule has 0 N–H and O–H groups in total. The Hall–Kier alpha value is 1.94. The summed E-state index contributed by atoms with van der Waals surface area (Å²) in [5.74, 6) is -0.775.